The molecule has 26 heavy (non-hydrogen) atoms. The van der Waals surface area contributed by atoms with Gasteiger partial charge in [-0.2, -0.15) is 13.2 Å². The third-order valence-corrected chi connectivity index (χ3v) is 5.12. The van der Waals surface area contributed by atoms with Crippen molar-refractivity contribution in [1.82, 2.24) is 14.9 Å². The number of nitrogens with one attached hydrogen (secondary N) is 1. The molecule has 1 aromatic carbocycles. The van der Waals surface area contributed by atoms with E-state index in [4.69, 9.17) is 0 Å². The maximum absolute atomic E-state index is 12.7. The van der Waals surface area contributed by atoms with Gasteiger partial charge in [0.25, 0.3) is 11.5 Å². The summed E-state index contributed by atoms with van der Waals surface area (Å²) in [7, 11) is 1.57. The zero-order valence-electron chi connectivity index (χ0n) is 13.8. The van der Waals surface area contributed by atoms with E-state index >= 15 is 0 Å². The minimum atomic E-state index is -4.44. The van der Waals surface area contributed by atoms with Crippen LogP contribution in [0.1, 0.15) is 26.4 Å². The third-order valence-electron chi connectivity index (χ3n) is 3.92. The van der Waals surface area contributed by atoms with Crippen LogP contribution in [-0.2, 0) is 19.8 Å². The summed E-state index contributed by atoms with van der Waals surface area (Å²) in [6.45, 7) is 1.60. The number of carbonyl (C=O) groups is 1. The average molecular weight is 381 g/mol. The molecule has 0 aliphatic carbocycles. The number of halogens is 3. The fourth-order valence-corrected chi connectivity index (χ4v) is 3.60. The molecule has 5 nitrogen and oxygen atoms in total. The molecule has 3 rings (SSSR count). The summed E-state index contributed by atoms with van der Waals surface area (Å²) in [5.74, 6) is -0.454. The highest BCUT2D eigenvalue weighted by atomic mass is 32.1. The Morgan fingerprint density at radius 2 is 2.08 bits per heavy atom. The Balaban J connectivity index is 1.83. The highest BCUT2D eigenvalue weighted by molar-refractivity contribution is 7.20. The number of rotatable bonds is 3. The van der Waals surface area contributed by atoms with Gasteiger partial charge in [0.05, 0.1) is 22.2 Å². The first-order valence-electron chi connectivity index (χ1n) is 7.57. The van der Waals surface area contributed by atoms with Gasteiger partial charge in [0.1, 0.15) is 4.83 Å². The number of aromatic nitrogens is 2. The molecule has 1 amide bonds. The summed E-state index contributed by atoms with van der Waals surface area (Å²) in [6.07, 6.45) is -3.06. The van der Waals surface area contributed by atoms with Gasteiger partial charge in [-0.15, -0.1) is 11.3 Å². The van der Waals surface area contributed by atoms with E-state index in [1.165, 1.54) is 23.0 Å². The summed E-state index contributed by atoms with van der Waals surface area (Å²) < 4.78 is 39.6. The molecule has 2 aromatic heterocycles. The molecule has 0 bridgehead atoms. The number of thiophene rings is 1. The Morgan fingerprint density at radius 1 is 1.35 bits per heavy atom. The van der Waals surface area contributed by atoms with E-state index in [2.05, 4.69) is 10.3 Å². The molecule has 2 heterocycles. The van der Waals surface area contributed by atoms with Crippen LogP contribution in [-0.4, -0.2) is 15.5 Å². The second-order valence-electron chi connectivity index (χ2n) is 5.78. The van der Waals surface area contributed by atoms with E-state index in [1.807, 2.05) is 0 Å². The van der Waals surface area contributed by atoms with Crippen molar-refractivity contribution in [2.45, 2.75) is 19.6 Å². The van der Waals surface area contributed by atoms with Crippen LogP contribution < -0.4 is 10.9 Å². The topological polar surface area (TPSA) is 64.0 Å². The van der Waals surface area contributed by atoms with Crippen LogP contribution >= 0.6 is 11.3 Å². The first-order valence-corrected chi connectivity index (χ1v) is 8.39. The number of alkyl halides is 3. The van der Waals surface area contributed by atoms with Crippen molar-refractivity contribution in [2.75, 3.05) is 0 Å². The lowest BCUT2D eigenvalue weighted by atomic mass is 10.1. The lowest BCUT2D eigenvalue weighted by molar-refractivity contribution is -0.137. The van der Waals surface area contributed by atoms with Crippen molar-refractivity contribution in [3.63, 3.8) is 0 Å². The number of fused-ring (bicyclic) bond motifs is 1. The summed E-state index contributed by atoms with van der Waals surface area (Å²) in [5.41, 5.74) is -0.170. The van der Waals surface area contributed by atoms with E-state index in [1.54, 1.807) is 14.0 Å². The molecular formula is C17H14F3N3O2S. The van der Waals surface area contributed by atoms with Crippen LogP contribution in [0.4, 0.5) is 13.2 Å². The van der Waals surface area contributed by atoms with Crippen molar-refractivity contribution >= 4 is 27.5 Å². The molecule has 0 atom stereocenters. The van der Waals surface area contributed by atoms with Crippen LogP contribution in [0.25, 0.3) is 10.2 Å². The van der Waals surface area contributed by atoms with Gasteiger partial charge in [0, 0.05) is 13.6 Å². The zero-order chi connectivity index (χ0) is 19.1. The Hall–Kier alpha value is -2.68. The number of aryl methyl sites for hydroxylation is 2. The minimum Gasteiger partial charge on any atom is -0.347 e. The molecule has 0 saturated heterocycles. The van der Waals surface area contributed by atoms with Gasteiger partial charge >= 0.3 is 6.18 Å². The molecule has 3 aromatic rings. The standard InChI is InChI=1S/C17H14F3N3O2S/c1-9-12-15(22-8-23(2)16(12)25)26-13(9)14(24)21-7-10-4-3-5-11(6-10)17(18,19)20/h3-6,8H,7H2,1-2H3,(H,21,24). The Bertz CT molecular complexity index is 1050. The van der Waals surface area contributed by atoms with Gasteiger partial charge < -0.3 is 9.88 Å². The summed E-state index contributed by atoms with van der Waals surface area (Å²) in [4.78, 5) is 29.5. The van der Waals surface area contributed by atoms with Crippen LogP contribution in [0.15, 0.2) is 35.4 Å². The van der Waals surface area contributed by atoms with Gasteiger partial charge in [0.2, 0.25) is 0 Å². The van der Waals surface area contributed by atoms with E-state index in [9.17, 15) is 22.8 Å². The van der Waals surface area contributed by atoms with E-state index in [-0.39, 0.29) is 12.1 Å². The van der Waals surface area contributed by atoms with Gasteiger partial charge in [-0.25, -0.2) is 4.98 Å². The van der Waals surface area contributed by atoms with E-state index in [0.717, 1.165) is 23.5 Å². The highest BCUT2D eigenvalue weighted by Gasteiger charge is 2.30. The summed E-state index contributed by atoms with van der Waals surface area (Å²) in [6, 6.07) is 4.77. The predicted molar refractivity (Wildman–Crippen MR) is 92.2 cm³/mol. The molecule has 136 valence electrons. The monoisotopic (exact) mass is 381 g/mol. The third kappa shape index (κ3) is 3.34. The molecule has 0 unspecified atom stereocenters. The quantitative estimate of drug-likeness (QED) is 0.758. The minimum absolute atomic E-state index is 0.0537. The second kappa shape index (κ2) is 6.56. The second-order valence-corrected chi connectivity index (χ2v) is 6.78. The van der Waals surface area contributed by atoms with Crippen molar-refractivity contribution in [3.05, 3.63) is 62.5 Å². The van der Waals surface area contributed by atoms with Crippen LogP contribution in [0.3, 0.4) is 0 Å². The van der Waals surface area contributed by atoms with Crippen LogP contribution in [0, 0.1) is 6.92 Å². The molecule has 1 N–H and O–H groups in total. The zero-order valence-corrected chi connectivity index (χ0v) is 14.7. The lowest BCUT2D eigenvalue weighted by Crippen LogP contribution is -2.23. The first-order chi connectivity index (χ1) is 12.2. The first kappa shape index (κ1) is 18.1. The maximum atomic E-state index is 12.7. The fourth-order valence-electron chi connectivity index (χ4n) is 2.55. The normalized spacial score (nSPS) is 11.7. The Morgan fingerprint density at radius 3 is 2.77 bits per heavy atom. The van der Waals surface area contributed by atoms with Crippen LogP contribution in [0.2, 0.25) is 0 Å². The number of hydrogen-bond donors (Lipinski definition) is 1. The number of carbonyl (C=O) groups excluding carboxylic acids is 1. The smallest absolute Gasteiger partial charge is 0.347 e. The molecule has 0 aliphatic rings. The molecule has 0 fully saturated rings. The highest BCUT2D eigenvalue weighted by Crippen LogP contribution is 2.30. The predicted octanol–water partition coefficient (Wildman–Crippen LogP) is 3.25. The number of nitrogens with zero attached hydrogens (tertiary/aromatic N) is 2. The molecule has 0 saturated carbocycles. The molecular weight excluding hydrogens is 367 g/mol. The maximum Gasteiger partial charge on any atom is 0.416 e. The van der Waals surface area contributed by atoms with Crippen molar-refractivity contribution in [1.29, 1.82) is 0 Å². The van der Waals surface area contributed by atoms with E-state index in [0.29, 0.717) is 26.2 Å². The summed E-state index contributed by atoms with van der Waals surface area (Å²) >= 11 is 1.08. The molecule has 0 spiro atoms. The molecule has 0 radical (unpaired) electrons. The Kier molecular flexibility index (Phi) is 4.57. The number of hydrogen-bond acceptors (Lipinski definition) is 4. The summed E-state index contributed by atoms with van der Waals surface area (Å²) in [5, 5.41) is 2.98. The number of amides is 1. The largest absolute Gasteiger partial charge is 0.416 e. The van der Waals surface area contributed by atoms with Crippen molar-refractivity contribution < 1.29 is 18.0 Å². The molecule has 0 aliphatic heterocycles. The van der Waals surface area contributed by atoms with Gasteiger partial charge in [-0.05, 0) is 30.2 Å². The van der Waals surface area contributed by atoms with Gasteiger partial charge in [-0.1, -0.05) is 12.1 Å². The van der Waals surface area contributed by atoms with Crippen LogP contribution in [0.5, 0.6) is 0 Å². The van der Waals surface area contributed by atoms with E-state index < -0.39 is 17.6 Å². The lowest BCUT2D eigenvalue weighted by Gasteiger charge is -2.09. The SMILES string of the molecule is Cc1c(C(=O)NCc2cccc(C(F)(F)F)c2)sc2ncn(C)c(=O)c12. The number of benzene rings is 1. The van der Waals surface area contributed by atoms with Crippen molar-refractivity contribution in [3.8, 4) is 0 Å². The molecule has 9 heteroatoms. The average Bonchev–Trinajstić information content (AvgIpc) is 2.93. The van der Waals surface area contributed by atoms with Gasteiger partial charge in [-0.3, -0.25) is 9.59 Å². The Labute approximate surface area is 150 Å². The fraction of sp³-hybridized carbons (Fsp3) is 0.235. The van der Waals surface area contributed by atoms with Gasteiger partial charge in [0.15, 0.2) is 0 Å². The van der Waals surface area contributed by atoms with Crippen molar-refractivity contribution in [2.24, 2.45) is 7.05 Å².